The van der Waals surface area contributed by atoms with Crippen LogP contribution in [0.25, 0.3) is 0 Å². The van der Waals surface area contributed by atoms with Crippen LogP contribution in [0, 0.1) is 0 Å². The zero-order valence-electron chi connectivity index (χ0n) is 10.2. The lowest BCUT2D eigenvalue weighted by Crippen LogP contribution is -2.31. The van der Waals surface area contributed by atoms with Crippen molar-refractivity contribution >= 4 is 33.2 Å². The molecular weight excluding hydrogens is 302 g/mol. The third-order valence-corrected chi connectivity index (χ3v) is 4.17. The van der Waals surface area contributed by atoms with Crippen molar-refractivity contribution in [2.24, 2.45) is 0 Å². The van der Waals surface area contributed by atoms with Gasteiger partial charge < -0.3 is 4.74 Å². The van der Waals surface area contributed by atoms with E-state index in [0.29, 0.717) is 13.2 Å². The van der Waals surface area contributed by atoms with Crippen molar-refractivity contribution in [1.29, 1.82) is 0 Å². The number of hydrogen-bond acceptors (Lipinski definition) is 4. The van der Waals surface area contributed by atoms with E-state index >= 15 is 0 Å². The monoisotopic (exact) mass is 319 g/mol. The number of halogens is 1. The van der Waals surface area contributed by atoms with E-state index in [1.165, 1.54) is 4.88 Å². The van der Waals surface area contributed by atoms with Gasteiger partial charge in [-0.1, -0.05) is 6.92 Å². The highest BCUT2D eigenvalue weighted by atomic mass is 79.9. The fourth-order valence-corrected chi connectivity index (χ4v) is 3.08. The van der Waals surface area contributed by atoms with Crippen LogP contribution in [-0.4, -0.2) is 30.6 Å². The first-order valence-corrected chi connectivity index (χ1v) is 7.44. The molecule has 1 heterocycles. The van der Waals surface area contributed by atoms with E-state index in [2.05, 4.69) is 27.8 Å². The van der Waals surface area contributed by atoms with Crippen molar-refractivity contribution in [2.75, 3.05) is 19.7 Å². The number of ether oxygens (including phenoxy) is 1. The Morgan fingerprint density at radius 1 is 1.53 bits per heavy atom. The van der Waals surface area contributed by atoms with Gasteiger partial charge in [-0.3, -0.25) is 9.69 Å². The molecule has 0 amide bonds. The molecule has 0 aromatic carbocycles. The molecule has 5 heteroatoms. The van der Waals surface area contributed by atoms with E-state index in [0.717, 1.165) is 24.0 Å². The summed E-state index contributed by atoms with van der Waals surface area (Å²) in [5, 5.41) is 2.05. The van der Waals surface area contributed by atoms with E-state index in [1.54, 1.807) is 11.3 Å². The van der Waals surface area contributed by atoms with Crippen LogP contribution in [0.1, 0.15) is 25.1 Å². The summed E-state index contributed by atoms with van der Waals surface area (Å²) in [7, 11) is 0. The summed E-state index contributed by atoms with van der Waals surface area (Å²) in [6, 6.07) is 2.04. The molecule has 1 aromatic heterocycles. The Morgan fingerprint density at radius 3 is 2.82 bits per heavy atom. The summed E-state index contributed by atoms with van der Waals surface area (Å²) < 4.78 is 6.10. The van der Waals surface area contributed by atoms with Crippen molar-refractivity contribution in [1.82, 2.24) is 4.90 Å². The summed E-state index contributed by atoms with van der Waals surface area (Å²) in [5.74, 6) is -0.145. The maximum Gasteiger partial charge on any atom is 0.320 e. The molecule has 96 valence electrons. The lowest BCUT2D eigenvalue weighted by Gasteiger charge is -2.19. The molecular formula is C12H18BrNO2S. The van der Waals surface area contributed by atoms with Crippen molar-refractivity contribution in [3.63, 3.8) is 0 Å². The highest BCUT2D eigenvalue weighted by molar-refractivity contribution is 9.10. The predicted molar refractivity (Wildman–Crippen MR) is 74.2 cm³/mol. The lowest BCUT2D eigenvalue weighted by atomic mass is 10.3. The number of nitrogens with zero attached hydrogens (tertiary/aromatic N) is 1. The molecule has 0 N–H and O–H groups in total. The fraction of sp³-hybridized carbons (Fsp3) is 0.583. The van der Waals surface area contributed by atoms with Crippen molar-refractivity contribution < 1.29 is 9.53 Å². The summed E-state index contributed by atoms with van der Waals surface area (Å²) in [5.41, 5.74) is 0. The Bertz CT molecular complexity index is 354. The van der Waals surface area contributed by atoms with Gasteiger partial charge in [-0.2, -0.15) is 0 Å². The molecule has 17 heavy (non-hydrogen) atoms. The molecule has 0 spiro atoms. The molecule has 0 aliphatic rings. The van der Waals surface area contributed by atoms with Crippen LogP contribution in [0.2, 0.25) is 0 Å². The Labute approximate surface area is 115 Å². The van der Waals surface area contributed by atoms with Gasteiger partial charge in [0.05, 0.1) is 13.2 Å². The first kappa shape index (κ1) is 14.7. The van der Waals surface area contributed by atoms with E-state index in [9.17, 15) is 4.79 Å². The van der Waals surface area contributed by atoms with E-state index in [1.807, 2.05) is 18.4 Å². The molecule has 0 saturated carbocycles. The topological polar surface area (TPSA) is 29.5 Å². The van der Waals surface area contributed by atoms with Crippen molar-refractivity contribution in [2.45, 2.75) is 26.8 Å². The lowest BCUT2D eigenvalue weighted by molar-refractivity contribution is -0.144. The molecule has 0 aliphatic carbocycles. The molecule has 0 radical (unpaired) electrons. The second-order valence-corrected chi connectivity index (χ2v) is 5.56. The van der Waals surface area contributed by atoms with Gasteiger partial charge in [0, 0.05) is 15.9 Å². The Morgan fingerprint density at radius 2 is 2.29 bits per heavy atom. The molecule has 0 bridgehead atoms. The van der Waals surface area contributed by atoms with Gasteiger partial charge in [-0.05, 0) is 47.3 Å². The van der Waals surface area contributed by atoms with E-state index in [4.69, 9.17) is 4.74 Å². The second kappa shape index (κ2) is 7.84. The predicted octanol–water partition coefficient (Wildman–Crippen LogP) is 3.29. The highest BCUT2D eigenvalue weighted by Gasteiger charge is 2.13. The second-order valence-electron chi connectivity index (χ2n) is 3.71. The number of esters is 1. The molecule has 3 nitrogen and oxygen atoms in total. The van der Waals surface area contributed by atoms with Gasteiger partial charge >= 0.3 is 5.97 Å². The summed E-state index contributed by atoms with van der Waals surface area (Å²) in [6.45, 7) is 6.46. The summed E-state index contributed by atoms with van der Waals surface area (Å²) in [4.78, 5) is 14.8. The summed E-state index contributed by atoms with van der Waals surface area (Å²) in [6.07, 6.45) is 1.03. The van der Waals surface area contributed by atoms with Crippen LogP contribution < -0.4 is 0 Å². The third-order valence-electron chi connectivity index (χ3n) is 2.26. The fourth-order valence-electron chi connectivity index (χ4n) is 1.56. The van der Waals surface area contributed by atoms with Gasteiger partial charge in [-0.15, -0.1) is 11.3 Å². The molecule has 0 unspecified atom stereocenters. The molecule has 0 fully saturated rings. The first-order valence-electron chi connectivity index (χ1n) is 5.77. The molecule has 0 atom stereocenters. The normalized spacial score (nSPS) is 10.8. The SMILES string of the molecule is CCCN(CC(=O)OCC)Cc1sccc1Br. The largest absolute Gasteiger partial charge is 0.465 e. The third kappa shape index (κ3) is 5.19. The Balaban J connectivity index is 2.54. The van der Waals surface area contributed by atoms with Gasteiger partial charge in [0.25, 0.3) is 0 Å². The molecule has 0 saturated heterocycles. The van der Waals surface area contributed by atoms with Gasteiger partial charge in [0.2, 0.25) is 0 Å². The van der Waals surface area contributed by atoms with Gasteiger partial charge in [-0.25, -0.2) is 0 Å². The van der Waals surface area contributed by atoms with Crippen molar-refractivity contribution in [3.05, 3.63) is 20.8 Å². The smallest absolute Gasteiger partial charge is 0.320 e. The van der Waals surface area contributed by atoms with Crippen LogP contribution in [-0.2, 0) is 16.1 Å². The van der Waals surface area contributed by atoms with Crippen LogP contribution >= 0.6 is 27.3 Å². The maximum atomic E-state index is 11.5. The Kier molecular flexibility index (Phi) is 6.77. The quantitative estimate of drug-likeness (QED) is 0.722. The van der Waals surface area contributed by atoms with E-state index < -0.39 is 0 Å². The average Bonchev–Trinajstić information content (AvgIpc) is 2.65. The number of rotatable bonds is 7. The molecule has 1 aromatic rings. The molecule has 0 aliphatic heterocycles. The van der Waals surface area contributed by atoms with E-state index in [-0.39, 0.29) is 5.97 Å². The van der Waals surface area contributed by atoms with Gasteiger partial charge in [0.15, 0.2) is 0 Å². The number of carbonyl (C=O) groups excluding carboxylic acids is 1. The minimum atomic E-state index is -0.145. The highest BCUT2D eigenvalue weighted by Crippen LogP contribution is 2.24. The maximum absolute atomic E-state index is 11.5. The number of hydrogen-bond donors (Lipinski definition) is 0. The van der Waals surface area contributed by atoms with Crippen LogP contribution in [0.4, 0.5) is 0 Å². The van der Waals surface area contributed by atoms with Gasteiger partial charge in [0.1, 0.15) is 0 Å². The number of thiophene rings is 1. The summed E-state index contributed by atoms with van der Waals surface area (Å²) >= 11 is 5.21. The first-order chi connectivity index (χ1) is 8.17. The Hall–Kier alpha value is -0.390. The zero-order chi connectivity index (χ0) is 12.7. The number of carbonyl (C=O) groups is 1. The van der Waals surface area contributed by atoms with Crippen LogP contribution in [0.5, 0.6) is 0 Å². The minimum absolute atomic E-state index is 0.145. The van der Waals surface area contributed by atoms with Crippen LogP contribution in [0.3, 0.4) is 0 Å². The zero-order valence-corrected chi connectivity index (χ0v) is 12.6. The minimum Gasteiger partial charge on any atom is -0.465 e. The average molecular weight is 320 g/mol. The standard InChI is InChI=1S/C12H18BrNO2S/c1-3-6-14(9-12(15)16-4-2)8-11-10(13)5-7-17-11/h5,7H,3-4,6,8-9H2,1-2H3. The van der Waals surface area contributed by atoms with Crippen LogP contribution in [0.15, 0.2) is 15.9 Å². The van der Waals surface area contributed by atoms with Crippen molar-refractivity contribution in [3.8, 4) is 0 Å². The molecule has 1 rings (SSSR count).